The summed E-state index contributed by atoms with van der Waals surface area (Å²) < 4.78 is 0. The van der Waals surface area contributed by atoms with Crippen LogP contribution < -0.4 is 0 Å². The van der Waals surface area contributed by atoms with Gasteiger partial charge in [0.05, 0.1) is 0 Å². The molecule has 0 spiro atoms. The van der Waals surface area contributed by atoms with Gasteiger partial charge in [0.1, 0.15) is 0 Å². The van der Waals surface area contributed by atoms with E-state index in [0.29, 0.717) is 0 Å². The SMILES string of the molecule is [CH][CH][CH][CH][C@@H]([CH])[CH][CH]. The Morgan fingerprint density at radius 3 is 2.25 bits per heavy atom. The van der Waals surface area contributed by atoms with E-state index < -0.39 is 0 Å². The summed E-state index contributed by atoms with van der Waals surface area (Å²) in [4.78, 5) is 0. The topological polar surface area (TPSA) is 0 Å². The van der Waals surface area contributed by atoms with Crippen LogP contribution in [-0.4, -0.2) is 0 Å². The van der Waals surface area contributed by atoms with Gasteiger partial charge in [-0.05, 0) is 52.4 Å². The number of hydrogen-bond donors (Lipinski definition) is 0. The number of rotatable bonds is 4. The van der Waals surface area contributed by atoms with E-state index in [-0.39, 0.29) is 5.92 Å². The second-order valence-corrected chi connectivity index (χ2v) is 1.35. The van der Waals surface area contributed by atoms with Gasteiger partial charge >= 0.3 is 0 Å². The van der Waals surface area contributed by atoms with Crippen LogP contribution in [0.15, 0.2) is 0 Å². The van der Waals surface area contributed by atoms with Gasteiger partial charge in [-0.3, -0.25) is 0 Å². The van der Waals surface area contributed by atoms with Gasteiger partial charge in [0, 0.05) is 0 Å². The maximum atomic E-state index is 5.32. The van der Waals surface area contributed by atoms with Crippen molar-refractivity contribution in [3.8, 4) is 0 Å². The molecule has 0 rings (SSSR count). The Bertz CT molecular complexity index is 39.3. The third-order valence-electron chi connectivity index (χ3n) is 0.667. The minimum absolute atomic E-state index is 0.185. The predicted octanol–water partition coefficient (Wildman–Crippen LogP) is 1.55. The minimum atomic E-state index is -0.185. The third kappa shape index (κ3) is 4.17. The van der Waals surface area contributed by atoms with E-state index in [1.54, 1.807) is 12.8 Å². The van der Waals surface area contributed by atoms with Gasteiger partial charge in [0.15, 0.2) is 0 Å². The zero-order valence-corrected chi connectivity index (χ0v) is 4.62. The molecule has 0 aromatic heterocycles. The van der Waals surface area contributed by atoms with Crippen molar-refractivity contribution in [2.45, 2.75) is 0 Å². The number of hydrogen-bond acceptors (Lipinski definition) is 0. The van der Waals surface area contributed by atoms with Gasteiger partial charge in [-0.15, -0.1) is 0 Å². The summed E-state index contributed by atoms with van der Waals surface area (Å²) in [5.41, 5.74) is 0. The lowest BCUT2D eigenvalue weighted by molar-refractivity contribution is 0.915. The van der Waals surface area contributed by atoms with E-state index in [1.165, 1.54) is 12.8 Å². The highest BCUT2D eigenvalue weighted by Gasteiger charge is 1.96. The molecule has 0 nitrogen and oxygen atoms in total. The lowest BCUT2D eigenvalue weighted by Crippen LogP contribution is -1.93. The molecular weight excluding hydrogens is 96.1 g/mol. The van der Waals surface area contributed by atoms with Crippen molar-refractivity contribution in [2.24, 2.45) is 5.92 Å². The summed E-state index contributed by atoms with van der Waals surface area (Å²) in [6, 6.07) is 0. The van der Waals surface area contributed by atoms with Crippen LogP contribution in [0, 0.1) is 52.4 Å². The normalized spacial score (nSPS) is 13.9. The fourth-order valence-corrected chi connectivity index (χ4v) is 0.257. The molecule has 0 heterocycles. The molecule has 0 saturated heterocycles. The molecule has 0 bridgehead atoms. The van der Waals surface area contributed by atoms with Gasteiger partial charge in [-0.25, -0.2) is 0 Å². The summed E-state index contributed by atoms with van der Waals surface area (Å²) >= 11 is 0. The van der Waals surface area contributed by atoms with E-state index in [9.17, 15) is 0 Å². The molecule has 8 heavy (non-hydrogen) atoms. The van der Waals surface area contributed by atoms with Crippen LogP contribution >= 0.6 is 0 Å². The Morgan fingerprint density at radius 2 is 1.88 bits per heavy atom. The first kappa shape index (κ1) is 8.00. The Hall–Kier alpha value is 0. The average Bonchev–Trinajstić information content (AvgIpc) is 1.83. The zero-order valence-electron chi connectivity index (χ0n) is 4.62. The Labute approximate surface area is 53.3 Å². The molecule has 0 amide bonds. The molecule has 0 aliphatic heterocycles. The smallest absolute Gasteiger partial charge is 0.0312 e. The molecular formula is C8H8. The van der Waals surface area contributed by atoms with Crippen LogP contribution in [-0.2, 0) is 0 Å². The molecule has 0 aromatic carbocycles. The largest absolute Gasteiger partial charge is 0.0312 e. The summed E-state index contributed by atoms with van der Waals surface area (Å²) in [6.45, 7) is 15.4. The van der Waals surface area contributed by atoms with Crippen molar-refractivity contribution >= 4 is 0 Å². The van der Waals surface area contributed by atoms with Crippen LogP contribution in [0.2, 0.25) is 0 Å². The monoisotopic (exact) mass is 104 g/mol. The van der Waals surface area contributed by atoms with E-state index in [2.05, 4.69) is 0 Å². The second kappa shape index (κ2) is 5.14. The Kier molecular flexibility index (Phi) is 5.14. The van der Waals surface area contributed by atoms with Crippen molar-refractivity contribution in [3.63, 3.8) is 0 Å². The molecule has 0 aliphatic carbocycles. The zero-order chi connectivity index (χ0) is 6.41. The molecule has 0 heteroatoms. The van der Waals surface area contributed by atoms with Gasteiger partial charge < -0.3 is 0 Å². The van der Waals surface area contributed by atoms with Crippen molar-refractivity contribution in [2.75, 3.05) is 0 Å². The quantitative estimate of drug-likeness (QED) is 0.507. The maximum absolute atomic E-state index is 5.32. The summed E-state index contributed by atoms with van der Waals surface area (Å²) in [5.74, 6) is -0.185. The van der Waals surface area contributed by atoms with E-state index in [4.69, 9.17) is 20.8 Å². The predicted molar refractivity (Wildman–Crippen MR) is 33.6 cm³/mol. The van der Waals surface area contributed by atoms with Gasteiger partial charge in [0.25, 0.3) is 0 Å². The molecule has 0 N–H and O–H groups in total. The van der Waals surface area contributed by atoms with Gasteiger partial charge in [-0.2, -0.15) is 0 Å². The standard InChI is InChI=1S/C8H8/c1-4-6-7-8(3)5-2/h1-8H/t8-/m0/s1. The van der Waals surface area contributed by atoms with Gasteiger partial charge in [-0.1, -0.05) is 0 Å². The maximum Gasteiger partial charge on any atom is -0.0312 e. The minimum Gasteiger partial charge on any atom is -0.0312 e. The van der Waals surface area contributed by atoms with E-state index in [1.807, 2.05) is 0 Å². The lowest BCUT2D eigenvalue weighted by atomic mass is 10.0. The number of unbranched alkanes of at least 4 members (excludes halogenated alkanes) is 1. The van der Waals surface area contributed by atoms with E-state index >= 15 is 0 Å². The highest BCUT2D eigenvalue weighted by molar-refractivity contribution is 5.05. The van der Waals surface area contributed by atoms with Crippen LogP contribution in [0.4, 0.5) is 0 Å². The van der Waals surface area contributed by atoms with Gasteiger partial charge in [0.2, 0.25) is 0 Å². The first-order valence-electron chi connectivity index (χ1n) is 2.33. The third-order valence-corrected chi connectivity index (χ3v) is 0.667. The van der Waals surface area contributed by atoms with Crippen molar-refractivity contribution in [1.82, 2.24) is 0 Å². The summed E-state index contributed by atoms with van der Waals surface area (Å²) in [5, 5.41) is 0. The molecule has 0 fully saturated rings. The fourth-order valence-electron chi connectivity index (χ4n) is 0.257. The van der Waals surface area contributed by atoms with Crippen molar-refractivity contribution in [1.29, 1.82) is 0 Å². The van der Waals surface area contributed by atoms with Crippen LogP contribution in [0.1, 0.15) is 0 Å². The van der Waals surface area contributed by atoms with Crippen LogP contribution in [0.5, 0.6) is 0 Å². The van der Waals surface area contributed by atoms with E-state index in [0.717, 1.165) is 0 Å². The molecule has 0 aromatic rings. The average molecular weight is 104 g/mol. The lowest BCUT2D eigenvalue weighted by Gasteiger charge is -2.02. The highest BCUT2D eigenvalue weighted by atomic mass is 14.0. The molecule has 40 valence electrons. The fraction of sp³-hybridized carbons (Fsp3) is 0.125. The molecule has 0 saturated carbocycles. The molecule has 1 atom stereocenters. The van der Waals surface area contributed by atoms with Crippen LogP contribution in [0.3, 0.4) is 0 Å². The molecule has 0 aliphatic rings. The molecule has 0 unspecified atom stereocenters. The second-order valence-electron chi connectivity index (χ2n) is 1.35. The summed E-state index contributed by atoms with van der Waals surface area (Å²) in [6.07, 6.45) is 6.14. The Balaban J connectivity index is 2.86. The van der Waals surface area contributed by atoms with Crippen molar-refractivity contribution < 1.29 is 0 Å². The summed E-state index contributed by atoms with van der Waals surface area (Å²) in [7, 11) is 0. The van der Waals surface area contributed by atoms with Crippen LogP contribution in [0.25, 0.3) is 0 Å². The molecule has 10 radical (unpaired) electrons. The Morgan fingerprint density at radius 1 is 1.25 bits per heavy atom. The first-order valence-corrected chi connectivity index (χ1v) is 2.33. The van der Waals surface area contributed by atoms with Crippen molar-refractivity contribution in [3.05, 3.63) is 46.5 Å². The highest BCUT2D eigenvalue weighted by Crippen LogP contribution is 2.05. The first-order chi connectivity index (χ1) is 3.81.